The standard InChI is InChI=1S/C20H30N2O4/c1-22(16-7-5-6-8-16)12-11-21-19(23)10-9-15-13-17(24-2)20(26-4)18(14-15)25-3/h9-10,13-14,16H,5-8,11-12H2,1-4H3,(H,21,23). The zero-order chi connectivity index (χ0) is 18.9. The summed E-state index contributed by atoms with van der Waals surface area (Å²) in [7, 11) is 6.83. The molecular weight excluding hydrogens is 332 g/mol. The van der Waals surface area contributed by atoms with Crippen molar-refractivity contribution in [2.45, 2.75) is 31.7 Å². The molecule has 1 fully saturated rings. The van der Waals surface area contributed by atoms with Gasteiger partial charge in [-0.15, -0.1) is 0 Å². The van der Waals surface area contributed by atoms with E-state index >= 15 is 0 Å². The molecule has 1 amide bonds. The van der Waals surface area contributed by atoms with E-state index in [9.17, 15) is 4.79 Å². The molecule has 6 nitrogen and oxygen atoms in total. The van der Waals surface area contributed by atoms with E-state index in [2.05, 4.69) is 17.3 Å². The lowest BCUT2D eigenvalue weighted by Crippen LogP contribution is -2.36. The molecule has 1 saturated carbocycles. The molecular formula is C20H30N2O4. The number of nitrogens with one attached hydrogen (secondary N) is 1. The lowest BCUT2D eigenvalue weighted by Gasteiger charge is -2.23. The third-order valence-corrected chi connectivity index (χ3v) is 4.83. The second-order valence-electron chi connectivity index (χ2n) is 6.50. The molecule has 6 heteroatoms. The highest BCUT2D eigenvalue weighted by molar-refractivity contribution is 5.91. The van der Waals surface area contributed by atoms with E-state index in [1.165, 1.54) is 31.8 Å². The minimum atomic E-state index is -0.112. The summed E-state index contributed by atoms with van der Waals surface area (Å²) in [5, 5.41) is 2.93. The Bertz CT molecular complexity index is 599. The van der Waals surface area contributed by atoms with E-state index in [-0.39, 0.29) is 5.91 Å². The molecule has 144 valence electrons. The van der Waals surface area contributed by atoms with Crippen LogP contribution in [0.5, 0.6) is 17.2 Å². The van der Waals surface area contributed by atoms with Crippen LogP contribution in [0.1, 0.15) is 31.2 Å². The third-order valence-electron chi connectivity index (χ3n) is 4.83. The quantitative estimate of drug-likeness (QED) is 0.685. The topological polar surface area (TPSA) is 60.0 Å². The van der Waals surface area contributed by atoms with Gasteiger partial charge < -0.3 is 24.4 Å². The molecule has 0 radical (unpaired) electrons. The average molecular weight is 362 g/mol. The highest BCUT2D eigenvalue weighted by Gasteiger charge is 2.18. The van der Waals surface area contributed by atoms with Gasteiger partial charge in [0.1, 0.15) is 0 Å². The van der Waals surface area contributed by atoms with Gasteiger partial charge in [0.25, 0.3) is 0 Å². The number of hydrogen-bond acceptors (Lipinski definition) is 5. The van der Waals surface area contributed by atoms with Crippen LogP contribution in [-0.4, -0.2) is 58.3 Å². The first kappa shape index (κ1) is 20.1. The number of benzene rings is 1. The van der Waals surface area contributed by atoms with Gasteiger partial charge >= 0.3 is 0 Å². The number of rotatable bonds is 9. The molecule has 0 saturated heterocycles. The summed E-state index contributed by atoms with van der Waals surface area (Å²) in [5.74, 6) is 1.54. The van der Waals surface area contributed by atoms with E-state index in [4.69, 9.17) is 14.2 Å². The lowest BCUT2D eigenvalue weighted by atomic mass is 10.1. The maximum atomic E-state index is 12.0. The lowest BCUT2D eigenvalue weighted by molar-refractivity contribution is -0.116. The highest BCUT2D eigenvalue weighted by Crippen LogP contribution is 2.38. The Morgan fingerprint density at radius 3 is 2.31 bits per heavy atom. The Balaban J connectivity index is 1.88. The summed E-state index contributed by atoms with van der Waals surface area (Å²) in [5.41, 5.74) is 0.803. The van der Waals surface area contributed by atoms with Crippen LogP contribution in [0, 0.1) is 0 Å². The molecule has 1 N–H and O–H groups in total. The second kappa shape index (κ2) is 10.1. The van der Waals surface area contributed by atoms with Gasteiger partial charge in [-0.1, -0.05) is 12.8 Å². The fraction of sp³-hybridized carbons (Fsp3) is 0.550. The number of amides is 1. The van der Waals surface area contributed by atoms with Crippen LogP contribution in [0.15, 0.2) is 18.2 Å². The van der Waals surface area contributed by atoms with E-state index in [1.54, 1.807) is 39.5 Å². The molecule has 1 aliphatic carbocycles. The minimum Gasteiger partial charge on any atom is -0.493 e. The molecule has 0 bridgehead atoms. The number of likely N-dealkylation sites (N-methyl/N-ethyl adjacent to an activating group) is 1. The summed E-state index contributed by atoms with van der Waals surface area (Å²) >= 11 is 0. The predicted octanol–water partition coefficient (Wildman–Crippen LogP) is 2.72. The number of methoxy groups -OCH3 is 3. The molecule has 0 spiro atoms. The summed E-state index contributed by atoms with van der Waals surface area (Å²) in [6.07, 6.45) is 8.44. The minimum absolute atomic E-state index is 0.112. The summed E-state index contributed by atoms with van der Waals surface area (Å²) < 4.78 is 15.9. The molecule has 0 atom stereocenters. The molecule has 0 aliphatic heterocycles. The van der Waals surface area contributed by atoms with Crippen LogP contribution >= 0.6 is 0 Å². The number of nitrogens with zero attached hydrogens (tertiary/aromatic N) is 1. The maximum absolute atomic E-state index is 12.0. The zero-order valence-corrected chi connectivity index (χ0v) is 16.2. The largest absolute Gasteiger partial charge is 0.493 e. The van der Waals surface area contributed by atoms with Crippen molar-refractivity contribution in [2.24, 2.45) is 0 Å². The van der Waals surface area contributed by atoms with Crippen LogP contribution < -0.4 is 19.5 Å². The van der Waals surface area contributed by atoms with Crippen molar-refractivity contribution in [1.82, 2.24) is 10.2 Å². The van der Waals surface area contributed by atoms with Gasteiger partial charge in [0.2, 0.25) is 11.7 Å². The number of hydrogen-bond donors (Lipinski definition) is 1. The van der Waals surface area contributed by atoms with E-state index in [1.807, 2.05) is 0 Å². The van der Waals surface area contributed by atoms with Crippen molar-refractivity contribution < 1.29 is 19.0 Å². The Morgan fingerprint density at radius 2 is 1.77 bits per heavy atom. The first-order valence-corrected chi connectivity index (χ1v) is 9.05. The molecule has 0 heterocycles. The number of ether oxygens (including phenoxy) is 3. The zero-order valence-electron chi connectivity index (χ0n) is 16.2. The molecule has 0 aromatic heterocycles. The van der Waals surface area contributed by atoms with Gasteiger partial charge in [-0.05, 0) is 43.7 Å². The number of carbonyl (C=O) groups is 1. The van der Waals surface area contributed by atoms with E-state index < -0.39 is 0 Å². The molecule has 1 aromatic carbocycles. The first-order chi connectivity index (χ1) is 12.6. The van der Waals surface area contributed by atoms with Crippen molar-refractivity contribution in [1.29, 1.82) is 0 Å². The predicted molar refractivity (Wildman–Crippen MR) is 103 cm³/mol. The average Bonchev–Trinajstić information content (AvgIpc) is 3.20. The van der Waals surface area contributed by atoms with Gasteiger partial charge in [-0.25, -0.2) is 0 Å². The van der Waals surface area contributed by atoms with Crippen LogP contribution in [0.4, 0.5) is 0 Å². The smallest absolute Gasteiger partial charge is 0.244 e. The Hall–Kier alpha value is -2.21. The molecule has 1 aliphatic rings. The fourth-order valence-corrected chi connectivity index (χ4v) is 3.31. The van der Waals surface area contributed by atoms with Crippen LogP contribution in [0.25, 0.3) is 6.08 Å². The Labute approximate surface area is 156 Å². The van der Waals surface area contributed by atoms with Crippen molar-refractivity contribution >= 4 is 12.0 Å². The van der Waals surface area contributed by atoms with Gasteiger partial charge in [-0.3, -0.25) is 4.79 Å². The van der Waals surface area contributed by atoms with Crippen molar-refractivity contribution in [3.05, 3.63) is 23.8 Å². The highest BCUT2D eigenvalue weighted by atomic mass is 16.5. The third kappa shape index (κ3) is 5.39. The van der Waals surface area contributed by atoms with Crippen molar-refractivity contribution in [2.75, 3.05) is 41.5 Å². The van der Waals surface area contributed by atoms with Gasteiger partial charge in [-0.2, -0.15) is 0 Å². The van der Waals surface area contributed by atoms with E-state index in [0.29, 0.717) is 29.8 Å². The second-order valence-corrected chi connectivity index (χ2v) is 6.50. The molecule has 1 aromatic rings. The van der Waals surface area contributed by atoms with Gasteiger partial charge in [0.05, 0.1) is 21.3 Å². The monoisotopic (exact) mass is 362 g/mol. The first-order valence-electron chi connectivity index (χ1n) is 9.05. The van der Waals surface area contributed by atoms with Gasteiger partial charge in [0.15, 0.2) is 11.5 Å². The summed E-state index contributed by atoms with van der Waals surface area (Å²) in [4.78, 5) is 14.4. The van der Waals surface area contributed by atoms with Crippen LogP contribution in [0.3, 0.4) is 0 Å². The summed E-state index contributed by atoms with van der Waals surface area (Å²) in [6, 6.07) is 4.28. The van der Waals surface area contributed by atoms with Crippen molar-refractivity contribution in [3.63, 3.8) is 0 Å². The Morgan fingerprint density at radius 1 is 1.15 bits per heavy atom. The van der Waals surface area contributed by atoms with E-state index in [0.717, 1.165) is 12.1 Å². The Kier molecular flexibility index (Phi) is 7.78. The van der Waals surface area contributed by atoms with Crippen LogP contribution in [-0.2, 0) is 4.79 Å². The van der Waals surface area contributed by atoms with Crippen molar-refractivity contribution in [3.8, 4) is 17.2 Å². The molecule has 2 rings (SSSR count). The number of carbonyl (C=O) groups excluding carboxylic acids is 1. The van der Waals surface area contributed by atoms with Gasteiger partial charge in [0, 0.05) is 25.2 Å². The normalized spacial score (nSPS) is 14.8. The molecule has 0 unspecified atom stereocenters. The van der Waals surface area contributed by atoms with Crippen LogP contribution in [0.2, 0.25) is 0 Å². The molecule has 26 heavy (non-hydrogen) atoms. The fourth-order valence-electron chi connectivity index (χ4n) is 3.31. The SMILES string of the molecule is COc1cc(C=CC(=O)NCCN(C)C2CCCC2)cc(OC)c1OC. The maximum Gasteiger partial charge on any atom is 0.244 e. The summed E-state index contributed by atoms with van der Waals surface area (Å²) in [6.45, 7) is 1.51.